The van der Waals surface area contributed by atoms with Crippen LogP contribution in [0, 0.1) is 5.92 Å². The summed E-state index contributed by atoms with van der Waals surface area (Å²) >= 11 is 0. The minimum atomic E-state index is 0. The van der Waals surface area contributed by atoms with Crippen molar-refractivity contribution in [2.75, 3.05) is 58.3 Å². The highest BCUT2D eigenvalue weighted by molar-refractivity contribution is 14.0. The molecule has 1 aromatic rings. The third-order valence-corrected chi connectivity index (χ3v) is 4.85. The zero-order valence-electron chi connectivity index (χ0n) is 17.5. The molecule has 1 saturated heterocycles. The lowest BCUT2D eigenvalue weighted by Gasteiger charge is -2.37. The minimum Gasteiger partial charge on any atom is -0.379 e. The first kappa shape index (κ1) is 24.9. The number of unbranched alkanes of at least 4 members (excludes halogenated alkanes) is 1. The van der Waals surface area contributed by atoms with E-state index in [1.54, 1.807) is 6.20 Å². The van der Waals surface area contributed by atoms with Crippen molar-refractivity contribution in [3.05, 3.63) is 24.4 Å². The Hall–Kier alpha value is -1.13. The normalized spacial score (nSPS) is 16.4. The number of halogens is 1. The summed E-state index contributed by atoms with van der Waals surface area (Å²) in [6.07, 6.45) is 3.97. The molecule has 1 aliphatic heterocycles. The number of hydrogen-bond donors (Lipinski definition) is 3. The maximum Gasteiger partial charge on any atom is 0.191 e. The summed E-state index contributed by atoms with van der Waals surface area (Å²) in [6, 6.07) is 6.41. The minimum absolute atomic E-state index is 0. The van der Waals surface area contributed by atoms with Gasteiger partial charge < -0.3 is 20.7 Å². The lowest BCUT2D eigenvalue weighted by Crippen LogP contribution is -2.52. The van der Waals surface area contributed by atoms with Gasteiger partial charge in [-0.2, -0.15) is 0 Å². The van der Waals surface area contributed by atoms with E-state index in [4.69, 9.17) is 4.74 Å². The van der Waals surface area contributed by atoms with E-state index in [1.807, 2.05) is 25.2 Å². The van der Waals surface area contributed by atoms with E-state index < -0.39 is 0 Å². The number of ether oxygens (including phenoxy) is 1. The van der Waals surface area contributed by atoms with Crippen molar-refractivity contribution < 1.29 is 4.74 Å². The largest absolute Gasteiger partial charge is 0.379 e. The van der Waals surface area contributed by atoms with Crippen LogP contribution < -0.4 is 16.0 Å². The molecule has 1 fully saturated rings. The van der Waals surface area contributed by atoms with Crippen molar-refractivity contribution in [1.82, 2.24) is 20.5 Å². The third-order valence-electron chi connectivity index (χ3n) is 4.85. The van der Waals surface area contributed by atoms with Crippen molar-refractivity contribution in [3.8, 4) is 0 Å². The number of morpholine rings is 1. The van der Waals surface area contributed by atoms with Gasteiger partial charge >= 0.3 is 0 Å². The molecule has 0 spiro atoms. The molecule has 3 N–H and O–H groups in total. The summed E-state index contributed by atoms with van der Waals surface area (Å²) in [5.41, 5.74) is 0. The first-order valence-corrected chi connectivity index (χ1v) is 10.1. The number of rotatable bonds is 10. The van der Waals surface area contributed by atoms with Crippen LogP contribution in [0.2, 0.25) is 0 Å². The summed E-state index contributed by atoms with van der Waals surface area (Å²) in [6.45, 7) is 11.0. The summed E-state index contributed by atoms with van der Waals surface area (Å²) in [5.74, 6) is 2.41. The first-order chi connectivity index (χ1) is 13.2. The van der Waals surface area contributed by atoms with Crippen LogP contribution in [0.25, 0.3) is 0 Å². The van der Waals surface area contributed by atoms with E-state index in [0.29, 0.717) is 12.0 Å². The van der Waals surface area contributed by atoms with Gasteiger partial charge in [0.15, 0.2) is 5.96 Å². The van der Waals surface area contributed by atoms with Gasteiger partial charge in [-0.15, -0.1) is 24.0 Å². The fourth-order valence-electron chi connectivity index (χ4n) is 3.26. The molecule has 7 nitrogen and oxygen atoms in total. The van der Waals surface area contributed by atoms with Crippen molar-refractivity contribution in [2.45, 2.75) is 32.7 Å². The molecule has 0 aromatic carbocycles. The van der Waals surface area contributed by atoms with E-state index in [1.165, 1.54) is 0 Å². The van der Waals surface area contributed by atoms with Gasteiger partial charge in [0, 0.05) is 52.0 Å². The first-order valence-electron chi connectivity index (χ1n) is 10.1. The topological polar surface area (TPSA) is 73.8 Å². The highest BCUT2D eigenvalue weighted by Gasteiger charge is 2.23. The highest BCUT2D eigenvalue weighted by Crippen LogP contribution is 2.12. The Kier molecular flexibility index (Phi) is 13.2. The number of hydrogen-bond acceptors (Lipinski definition) is 5. The molecule has 2 rings (SSSR count). The molecule has 1 atom stereocenters. The molecule has 1 aromatic heterocycles. The molecular formula is C20H37IN6O. The molecule has 28 heavy (non-hydrogen) atoms. The number of nitrogens with one attached hydrogen (secondary N) is 3. The maximum atomic E-state index is 5.48. The Morgan fingerprint density at radius 3 is 2.57 bits per heavy atom. The zero-order valence-corrected chi connectivity index (χ0v) is 19.8. The average Bonchev–Trinajstić information content (AvgIpc) is 2.70. The number of aliphatic imine (C=N–C) groups is 1. The molecule has 8 heteroatoms. The standard InChI is InChI=1S/C20H36N6O.HI/c1-17(2)18(26-12-14-27-15-13-26)16-25-20(21-3)24-11-7-6-10-23-19-8-4-5-9-22-19;/h4-5,8-9,17-18H,6-7,10-16H2,1-3H3,(H,22,23)(H2,21,24,25);1H. The predicted molar refractivity (Wildman–Crippen MR) is 128 cm³/mol. The van der Waals surface area contributed by atoms with Gasteiger partial charge in [0.25, 0.3) is 0 Å². The fraction of sp³-hybridized carbons (Fsp3) is 0.700. The second-order valence-electron chi connectivity index (χ2n) is 7.19. The molecular weight excluding hydrogens is 467 g/mol. The van der Waals surface area contributed by atoms with E-state index in [2.05, 4.69) is 44.7 Å². The quantitative estimate of drug-likeness (QED) is 0.197. The van der Waals surface area contributed by atoms with Gasteiger partial charge in [0.1, 0.15) is 5.82 Å². The Balaban J connectivity index is 0.00000392. The number of aromatic nitrogens is 1. The van der Waals surface area contributed by atoms with Gasteiger partial charge in [-0.05, 0) is 30.9 Å². The summed E-state index contributed by atoms with van der Waals surface area (Å²) < 4.78 is 5.48. The number of nitrogens with zero attached hydrogens (tertiary/aromatic N) is 3. The molecule has 0 saturated carbocycles. The second kappa shape index (κ2) is 14.8. The van der Waals surface area contributed by atoms with Gasteiger partial charge in [0.05, 0.1) is 13.2 Å². The summed E-state index contributed by atoms with van der Waals surface area (Å²) in [4.78, 5) is 11.1. The lowest BCUT2D eigenvalue weighted by molar-refractivity contribution is 0.00752. The van der Waals surface area contributed by atoms with Crippen LogP contribution in [0.15, 0.2) is 29.4 Å². The van der Waals surface area contributed by atoms with E-state index in [-0.39, 0.29) is 24.0 Å². The van der Waals surface area contributed by atoms with Crippen LogP contribution in [-0.4, -0.2) is 74.9 Å². The molecule has 0 radical (unpaired) electrons. The predicted octanol–water partition coefficient (Wildman–Crippen LogP) is 2.41. The molecule has 1 unspecified atom stereocenters. The van der Waals surface area contributed by atoms with Gasteiger partial charge in [-0.3, -0.25) is 9.89 Å². The Morgan fingerprint density at radius 1 is 1.18 bits per heavy atom. The van der Waals surface area contributed by atoms with Crippen molar-refractivity contribution in [3.63, 3.8) is 0 Å². The molecule has 1 aliphatic rings. The van der Waals surface area contributed by atoms with Gasteiger partial charge in [0.2, 0.25) is 0 Å². The van der Waals surface area contributed by atoms with Gasteiger partial charge in [-0.1, -0.05) is 19.9 Å². The van der Waals surface area contributed by atoms with Crippen molar-refractivity contribution in [2.24, 2.45) is 10.9 Å². The lowest BCUT2D eigenvalue weighted by atomic mass is 10.0. The molecule has 0 aliphatic carbocycles. The van der Waals surface area contributed by atoms with Gasteiger partial charge in [-0.25, -0.2) is 4.98 Å². The van der Waals surface area contributed by atoms with Crippen LogP contribution >= 0.6 is 24.0 Å². The van der Waals surface area contributed by atoms with E-state index in [0.717, 1.165) is 70.6 Å². The molecule has 2 heterocycles. The van der Waals surface area contributed by atoms with Crippen molar-refractivity contribution >= 4 is 35.8 Å². The van der Waals surface area contributed by atoms with Crippen LogP contribution in [0.3, 0.4) is 0 Å². The smallest absolute Gasteiger partial charge is 0.191 e. The summed E-state index contributed by atoms with van der Waals surface area (Å²) in [7, 11) is 1.83. The zero-order chi connectivity index (χ0) is 19.3. The average molecular weight is 504 g/mol. The second-order valence-corrected chi connectivity index (χ2v) is 7.19. The highest BCUT2D eigenvalue weighted by atomic mass is 127. The SMILES string of the molecule is CN=C(NCCCCNc1ccccn1)NCC(C(C)C)N1CCOCC1.I. The van der Waals surface area contributed by atoms with Crippen LogP contribution in [0.5, 0.6) is 0 Å². The van der Waals surface area contributed by atoms with Crippen LogP contribution in [0.4, 0.5) is 5.82 Å². The Labute approximate surface area is 187 Å². The van der Waals surface area contributed by atoms with Crippen LogP contribution in [0.1, 0.15) is 26.7 Å². The molecule has 0 amide bonds. The Bertz CT molecular complexity index is 537. The number of pyridine rings is 1. The molecule has 160 valence electrons. The van der Waals surface area contributed by atoms with E-state index >= 15 is 0 Å². The van der Waals surface area contributed by atoms with Crippen LogP contribution in [-0.2, 0) is 4.74 Å². The Morgan fingerprint density at radius 2 is 1.93 bits per heavy atom. The monoisotopic (exact) mass is 504 g/mol. The number of guanidine groups is 1. The van der Waals surface area contributed by atoms with E-state index in [9.17, 15) is 0 Å². The fourth-order valence-corrected chi connectivity index (χ4v) is 3.26. The van der Waals surface area contributed by atoms with Crippen molar-refractivity contribution in [1.29, 1.82) is 0 Å². The molecule has 0 bridgehead atoms. The summed E-state index contributed by atoms with van der Waals surface area (Å²) in [5, 5.41) is 10.2. The maximum absolute atomic E-state index is 5.48. The third kappa shape index (κ3) is 9.38. The number of anilines is 1.